The van der Waals surface area contributed by atoms with Crippen LogP contribution >= 0.6 is 11.3 Å². The van der Waals surface area contributed by atoms with E-state index in [1.807, 2.05) is 0 Å². The van der Waals surface area contributed by atoms with E-state index in [4.69, 9.17) is 0 Å². The minimum absolute atomic E-state index is 0.0186. The molecule has 1 aromatic carbocycles. The van der Waals surface area contributed by atoms with Crippen molar-refractivity contribution in [1.29, 1.82) is 5.26 Å². The number of hydrogen-bond donors (Lipinski definition) is 1. The first-order valence-electron chi connectivity index (χ1n) is 11.0. The summed E-state index contributed by atoms with van der Waals surface area (Å²) in [5.74, 6) is 0.618. The maximum atomic E-state index is 12.8. The fraction of sp³-hybridized carbons (Fsp3) is 0.520. The van der Waals surface area contributed by atoms with E-state index in [1.54, 1.807) is 11.3 Å². The van der Waals surface area contributed by atoms with E-state index in [1.165, 1.54) is 21.6 Å². The number of benzene rings is 1. The molecule has 2 heterocycles. The highest BCUT2D eigenvalue weighted by Gasteiger charge is 2.34. The predicted octanol–water partition coefficient (Wildman–Crippen LogP) is 5.16. The normalized spacial score (nSPS) is 18.9. The number of fused-ring (bicyclic) bond motifs is 2. The second kappa shape index (κ2) is 8.53. The van der Waals surface area contributed by atoms with Crippen molar-refractivity contribution >= 4 is 22.2 Å². The van der Waals surface area contributed by atoms with Crippen LogP contribution in [0.5, 0.6) is 0 Å². The van der Waals surface area contributed by atoms with E-state index in [-0.39, 0.29) is 5.91 Å². The van der Waals surface area contributed by atoms with Crippen molar-refractivity contribution in [2.45, 2.75) is 59.4 Å². The summed E-state index contributed by atoms with van der Waals surface area (Å²) in [5.41, 5.74) is 4.87. The van der Waals surface area contributed by atoms with Crippen LogP contribution in [0.15, 0.2) is 24.3 Å². The lowest BCUT2D eigenvalue weighted by molar-refractivity contribution is -0.117. The monoisotopic (exact) mass is 421 g/mol. The van der Waals surface area contributed by atoms with Gasteiger partial charge in [0, 0.05) is 18.0 Å². The Morgan fingerprint density at radius 3 is 2.80 bits per heavy atom. The van der Waals surface area contributed by atoms with Crippen LogP contribution in [-0.4, -0.2) is 23.9 Å². The van der Waals surface area contributed by atoms with Gasteiger partial charge in [0.2, 0.25) is 5.91 Å². The number of amides is 1. The molecule has 1 aliphatic heterocycles. The number of anilines is 1. The molecule has 1 N–H and O–H groups in total. The summed E-state index contributed by atoms with van der Waals surface area (Å²) in [4.78, 5) is 16.3. The van der Waals surface area contributed by atoms with Gasteiger partial charge < -0.3 is 5.32 Å². The van der Waals surface area contributed by atoms with Gasteiger partial charge in [0.05, 0.1) is 12.1 Å². The maximum absolute atomic E-state index is 12.8. The number of hydrogen-bond acceptors (Lipinski definition) is 4. The number of nitrogens with zero attached hydrogens (tertiary/aromatic N) is 2. The Morgan fingerprint density at radius 1 is 1.30 bits per heavy atom. The molecule has 30 heavy (non-hydrogen) atoms. The minimum atomic E-state index is -0.0186. The standard InChI is InChI=1S/C25H31N3OS/c1-4-25(2,3)19-9-10-20-21(14-26)24(30-22(20)13-19)27-23(29)16-28-12-11-17-7-5-6-8-18(17)15-28/h5-8,19H,4,9-13,15-16H2,1-3H3,(H,27,29). The van der Waals surface area contributed by atoms with Gasteiger partial charge in [-0.25, -0.2) is 0 Å². The van der Waals surface area contributed by atoms with E-state index in [0.29, 0.717) is 23.4 Å². The predicted molar refractivity (Wildman–Crippen MR) is 123 cm³/mol. The number of rotatable bonds is 5. The van der Waals surface area contributed by atoms with Gasteiger partial charge in [-0.05, 0) is 53.7 Å². The number of carbonyl (C=O) groups is 1. The third-order valence-corrected chi connectivity index (χ3v) is 8.39. The molecule has 1 amide bonds. The second-order valence-electron chi connectivity index (χ2n) is 9.38. The minimum Gasteiger partial charge on any atom is -0.315 e. The summed E-state index contributed by atoms with van der Waals surface area (Å²) in [5, 5.41) is 13.6. The Morgan fingerprint density at radius 2 is 2.07 bits per heavy atom. The molecule has 4 rings (SSSR count). The fourth-order valence-electron chi connectivity index (χ4n) is 4.81. The molecule has 0 saturated carbocycles. The van der Waals surface area contributed by atoms with Crippen molar-refractivity contribution in [3.63, 3.8) is 0 Å². The van der Waals surface area contributed by atoms with Crippen LogP contribution in [0.1, 0.15) is 60.7 Å². The van der Waals surface area contributed by atoms with Crippen LogP contribution < -0.4 is 5.32 Å². The first kappa shape index (κ1) is 21.1. The summed E-state index contributed by atoms with van der Waals surface area (Å²) < 4.78 is 0. The molecule has 2 aliphatic rings. The first-order chi connectivity index (χ1) is 14.4. The van der Waals surface area contributed by atoms with E-state index in [9.17, 15) is 10.1 Å². The Bertz CT molecular complexity index is 985. The van der Waals surface area contributed by atoms with Crippen molar-refractivity contribution in [3.8, 4) is 6.07 Å². The zero-order valence-corrected chi connectivity index (χ0v) is 19.1. The lowest BCUT2D eigenvalue weighted by Crippen LogP contribution is -2.37. The average Bonchev–Trinajstić information content (AvgIpc) is 3.09. The van der Waals surface area contributed by atoms with Gasteiger partial charge in [-0.1, -0.05) is 51.5 Å². The summed E-state index contributed by atoms with van der Waals surface area (Å²) >= 11 is 1.62. The molecule has 0 radical (unpaired) electrons. The van der Waals surface area contributed by atoms with Crippen LogP contribution in [-0.2, 0) is 30.6 Å². The molecule has 4 nitrogen and oxygen atoms in total. The van der Waals surface area contributed by atoms with E-state index < -0.39 is 0 Å². The molecule has 1 aliphatic carbocycles. The molecule has 0 saturated heterocycles. The SMILES string of the molecule is CCC(C)(C)C1CCc2c(sc(NC(=O)CN3CCc4ccccc4C3)c2C#N)C1. The van der Waals surface area contributed by atoms with E-state index >= 15 is 0 Å². The van der Waals surface area contributed by atoms with E-state index in [0.717, 1.165) is 50.2 Å². The Labute approximate surface area is 183 Å². The lowest BCUT2D eigenvalue weighted by atomic mass is 9.69. The Balaban J connectivity index is 1.44. The number of thiophene rings is 1. The quantitative estimate of drug-likeness (QED) is 0.726. The summed E-state index contributed by atoms with van der Waals surface area (Å²) in [7, 11) is 0. The first-order valence-corrected chi connectivity index (χ1v) is 11.9. The molecule has 0 bridgehead atoms. The molecule has 5 heteroatoms. The van der Waals surface area contributed by atoms with Gasteiger partial charge in [-0.3, -0.25) is 9.69 Å². The second-order valence-corrected chi connectivity index (χ2v) is 10.5. The lowest BCUT2D eigenvalue weighted by Gasteiger charge is -2.36. The highest BCUT2D eigenvalue weighted by Crippen LogP contribution is 2.45. The van der Waals surface area contributed by atoms with Crippen LogP contribution in [0, 0.1) is 22.7 Å². The zero-order chi connectivity index (χ0) is 21.3. The van der Waals surface area contributed by atoms with Gasteiger partial charge >= 0.3 is 0 Å². The summed E-state index contributed by atoms with van der Waals surface area (Å²) in [6.07, 6.45) is 5.23. The van der Waals surface area contributed by atoms with Crippen molar-refractivity contribution in [2.75, 3.05) is 18.4 Å². The van der Waals surface area contributed by atoms with Gasteiger partial charge in [0.25, 0.3) is 0 Å². The molecule has 158 valence electrons. The largest absolute Gasteiger partial charge is 0.315 e. The topological polar surface area (TPSA) is 56.1 Å². The highest BCUT2D eigenvalue weighted by molar-refractivity contribution is 7.16. The Kier molecular flexibility index (Phi) is 5.99. The molecule has 1 unspecified atom stereocenters. The van der Waals surface area contributed by atoms with Crippen molar-refractivity contribution in [1.82, 2.24) is 4.90 Å². The molecule has 1 atom stereocenters. The molecular formula is C25H31N3OS. The smallest absolute Gasteiger partial charge is 0.239 e. The number of carbonyl (C=O) groups excluding carboxylic acids is 1. The van der Waals surface area contributed by atoms with Crippen molar-refractivity contribution in [3.05, 3.63) is 51.4 Å². The fourth-order valence-corrected chi connectivity index (χ4v) is 6.10. The Hall–Kier alpha value is -2.16. The highest BCUT2D eigenvalue weighted by atomic mass is 32.1. The summed E-state index contributed by atoms with van der Waals surface area (Å²) in [6, 6.07) is 10.8. The van der Waals surface area contributed by atoms with Crippen LogP contribution in [0.25, 0.3) is 0 Å². The molecule has 1 aromatic heterocycles. The molecule has 2 aromatic rings. The third-order valence-electron chi connectivity index (χ3n) is 7.22. The van der Waals surface area contributed by atoms with Crippen LogP contribution in [0.2, 0.25) is 0 Å². The van der Waals surface area contributed by atoms with Gasteiger partial charge in [0.1, 0.15) is 11.1 Å². The van der Waals surface area contributed by atoms with Crippen LogP contribution in [0.4, 0.5) is 5.00 Å². The molecule has 0 spiro atoms. The maximum Gasteiger partial charge on any atom is 0.239 e. The zero-order valence-electron chi connectivity index (χ0n) is 18.3. The van der Waals surface area contributed by atoms with Gasteiger partial charge in [-0.15, -0.1) is 11.3 Å². The van der Waals surface area contributed by atoms with Gasteiger partial charge in [0.15, 0.2) is 0 Å². The van der Waals surface area contributed by atoms with Crippen molar-refractivity contribution in [2.24, 2.45) is 11.3 Å². The number of nitrogens with one attached hydrogen (secondary N) is 1. The van der Waals surface area contributed by atoms with Crippen LogP contribution in [0.3, 0.4) is 0 Å². The summed E-state index contributed by atoms with van der Waals surface area (Å²) in [6.45, 7) is 9.03. The molecular weight excluding hydrogens is 390 g/mol. The van der Waals surface area contributed by atoms with Gasteiger partial charge in [-0.2, -0.15) is 5.26 Å². The average molecular weight is 422 g/mol. The number of nitriles is 1. The van der Waals surface area contributed by atoms with Crippen molar-refractivity contribution < 1.29 is 4.79 Å². The third kappa shape index (κ3) is 4.17. The molecule has 0 fully saturated rings. The van der Waals surface area contributed by atoms with E-state index in [2.05, 4.69) is 61.3 Å².